The number of hydrogen-bond donors (Lipinski definition) is 0. The Morgan fingerprint density at radius 3 is 2.53 bits per heavy atom. The highest BCUT2D eigenvalue weighted by molar-refractivity contribution is 6.31. The molecule has 2 aromatic rings. The summed E-state index contributed by atoms with van der Waals surface area (Å²) in [5, 5.41) is 0.509. The number of hydrogen-bond acceptors (Lipinski definition) is 6. The highest BCUT2D eigenvalue weighted by Gasteiger charge is 2.45. The van der Waals surface area contributed by atoms with E-state index in [0.717, 1.165) is 18.0 Å². The van der Waals surface area contributed by atoms with Crippen molar-refractivity contribution in [2.75, 3.05) is 44.3 Å². The second-order valence-electron chi connectivity index (χ2n) is 7.19. The number of carbonyl (C=O) groups excluding carboxylic acids is 3. The van der Waals surface area contributed by atoms with Crippen LogP contribution in [0.1, 0.15) is 17.0 Å². The summed E-state index contributed by atoms with van der Waals surface area (Å²) < 4.78 is 10.6. The molecule has 3 amide bonds. The van der Waals surface area contributed by atoms with Gasteiger partial charge in [-0.15, -0.1) is 0 Å². The van der Waals surface area contributed by atoms with Crippen LogP contribution < -0.4 is 4.90 Å². The van der Waals surface area contributed by atoms with Crippen molar-refractivity contribution in [2.45, 2.75) is 12.5 Å². The Morgan fingerprint density at radius 2 is 1.87 bits per heavy atom. The first-order valence-electron chi connectivity index (χ1n) is 9.81. The van der Waals surface area contributed by atoms with Crippen LogP contribution in [0.25, 0.3) is 0 Å². The fourth-order valence-electron chi connectivity index (χ4n) is 3.74. The Bertz CT molecular complexity index is 909. The minimum Gasteiger partial charge on any atom is -0.459 e. The van der Waals surface area contributed by atoms with Gasteiger partial charge in [0.15, 0.2) is 5.76 Å². The topological polar surface area (TPSA) is 83.3 Å². The van der Waals surface area contributed by atoms with E-state index in [1.54, 1.807) is 36.4 Å². The maximum Gasteiger partial charge on any atom is 0.290 e. The van der Waals surface area contributed by atoms with Crippen LogP contribution in [-0.2, 0) is 14.3 Å². The first-order chi connectivity index (χ1) is 14.5. The summed E-state index contributed by atoms with van der Waals surface area (Å²) in [6.45, 7) is 3.68. The third-order valence-corrected chi connectivity index (χ3v) is 5.59. The molecular formula is C21H22ClN3O5. The van der Waals surface area contributed by atoms with Crippen molar-refractivity contribution in [1.82, 2.24) is 9.80 Å². The summed E-state index contributed by atoms with van der Waals surface area (Å²) in [5.74, 6) is -1.04. The van der Waals surface area contributed by atoms with Crippen LogP contribution in [0.5, 0.6) is 0 Å². The molecule has 3 heterocycles. The molecule has 0 radical (unpaired) electrons. The third-order valence-electron chi connectivity index (χ3n) is 5.34. The number of imide groups is 1. The second kappa shape index (κ2) is 8.99. The first-order valence-corrected chi connectivity index (χ1v) is 10.2. The molecule has 1 aromatic carbocycles. The van der Waals surface area contributed by atoms with Gasteiger partial charge in [0.1, 0.15) is 6.04 Å². The maximum absolute atomic E-state index is 13.2. The number of amides is 3. The second-order valence-corrected chi connectivity index (χ2v) is 7.63. The Balaban J connectivity index is 1.56. The normalized spacial score (nSPS) is 20.0. The van der Waals surface area contributed by atoms with Crippen molar-refractivity contribution < 1.29 is 23.5 Å². The zero-order valence-electron chi connectivity index (χ0n) is 16.3. The average molecular weight is 432 g/mol. The molecule has 1 aromatic heterocycles. The van der Waals surface area contributed by atoms with Crippen molar-refractivity contribution in [2.24, 2.45) is 0 Å². The number of nitrogens with zero attached hydrogens (tertiary/aromatic N) is 3. The number of furan rings is 1. The molecule has 8 nitrogen and oxygen atoms in total. The molecule has 2 saturated heterocycles. The van der Waals surface area contributed by atoms with E-state index >= 15 is 0 Å². The lowest BCUT2D eigenvalue weighted by atomic mass is 10.2. The standard InChI is InChI=1S/C21H22ClN3O5/c22-15-3-5-16(6-4-15)25-19(26)14-17(20(25)27)24(21(28)18-2-1-11-30-18)8-7-23-9-12-29-13-10-23/h1-6,11,17H,7-10,12-14H2. The Labute approximate surface area is 178 Å². The highest BCUT2D eigenvalue weighted by Crippen LogP contribution is 2.27. The van der Waals surface area contributed by atoms with Gasteiger partial charge in [-0.2, -0.15) is 0 Å². The molecule has 2 aliphatic rings. The predicted molar refractivity (Wildman–Crippen MR) is 109 cm³/mol. The molecular weight excluding hydrogens is 410 g/mol. The van der Waals surface area contributed by atoms with Gasteiger partial charge >= 0.3 is 0 Å². The molecule has 1 unspecified atom stereocenters. The van der Waals surface area contributed by atoms with Crippen LogP contribution in [0.4, 0.5) is 5.69 Å². The van der Waals surface area contributed by atoms with Crippen molar-refractivity contribution in [1.29, 1.82) is 0 Å². The van der Waals surface area contributed by atoms with E-state index in [1.807, 2.05) is 0 Å². The van der Waals surface area contributed by atoms with Gasteiger partial charge in [-0.3, -0.25) is 19.3 Å². The van der Waals surface area contributed by atoms with Crippen molar-refractivity contribution >= 4 is 35.0 Å². The van der Waals surface area contributed by atoms with Crippen LogP contribution >= 0.6 is 11.6 Å². The van der Waals surface area contributed by atoms with Gasteiger partial charge < -0.3 is 14.1 Å². The number of rotatable bonds is 6. The number of ether oxygens (including phenoxy) is 1. The number of benzene rings is 1. The Morgan fingerprint density at radius 1 is 1.13 bits per heavy atom. The van der Waals surface area contributed by atoms with Gasteiger partial charge in [0.05, 0.1) is 31.6 Å². The fraction of sp³-hybridized carbons (Fsp3) is 0.381. The average Bonchev–Trinajstić information content (AvgIpc) is 3.39. The quantitative estimate of drug-likeness (QED) is 0.651. The zero-order chi connectivity index (χ0) is 21.1. The number of carbonyl (C=O) groups is 3. The van der Waals surface area contributed by atoms with E-state index in [0.29, 0.717) is 37.0 Å². The lowest BCUT2D eigenvalue weighted by Crippen LogP contribution is -2.49. The summed E-state index contributed by atoms with van der Waals surface area (Å²) in [6.07, 6.45) is 1.34. The first kappa shape index (κ1) is 20.6. The van der Waals surface area contributed by atoms with E-state index in [1.165, 1.54) is 11.2 Å². The van der Waals surface area contributed by atoms with E-state index in [9.17, 15) is 14.4 Å². The summed E-state index contributed by atoms with van der Waals surface area (Å²) in [7, 11) is 0. The fourth-order valence-corrected chi connectivity index (χ4v) is 3.86. The number of morpholine rings is 1. The molecule has 0 saturated carbocycles. The highest BCUT2D eigenvalue weighted by atomic mass is 35.5. The SMILES string of the molecule is O=C1CC(N(CCN2CCOCC2)C(=O)c2ccco2)C(=O)N1c1ccc(Cl)cc1. The molecule has 2 aliphatic heterocycles. The van der Waals surface area contributed by atoms with Gasteiger partial charge in [-0.25, -0.2) is 4.90 Å². The van der Waals surface area contributed by atoms with E-state index < -0.39 is 17.9 Å². The molecule has 0 spiro atoms. The molecule has 158 valence electrons. The summed E-state index contributed by atoms with van der Waals surface area (Å²) in [4.78, 5) is 43.7. The van der Waals surface area contributed by atoms with Crippen LogP contribution in [0.2, 0.25) is 5.02 Å². The lowest BCUT2D eigenvalue weighted by Gasteiger charge is -2.31. The molecule has 0 aliphatic carbocycles. The van der Waals surface area contributed by atoms with Gasteiger partial charge in [0.2, 0.25) is 5.91 Å². The van der Waals surface area contributed by atoms with Crippen LogP contribution in [0.3, 0.4) is 0 Å². The summed E-state index contributed by atoms with van der Waals surface area (Å²) >= 11 is 5.92. The van der Waals surface area contributed by atoms with Crippen molar-refractivity contribution in [3.8, 4) is 0 Å². The Hall–Kier alpha value is -2.68. The molecule has 2 fully saturated rings. The van der Waals surface area contributed by atoms with Crippen molar-refractivity contribution in [3.05, 3.63) is 53.4 Å². The minimum absolute atomic E-state index is 0.0724. The number of halogens is 1. The molecule has 0 bridgehead atoms. The largest absolute Gasteiger partial charge is 0.459 e. The maximum atomic E-state index is 13.2. The molecule has 4 rings (SSSR count). The summed E-state index contributed by atoms with van der Waals surface area (Å²) in [6, 6.07) is 8.77. The van der Waals surface area contributed by atoms with E-state index in [-0.39, 0.29) is 18.1 Å². The van der Waals surface area contributed by atoms with Gasteiger partial charge in [-0.1, -0.05) is 11.6 Å². The minimum atomic E-state index is -0.883. The molecule has 9 heteroatoms. The molecule has 30 heavy (non-hydrogen) atoms. The van der Waals surface area contributed by atoms with E-state index in [2.05, 4.69) is 4.90 Å². The van der Waals surface area contributed by atoms with Gasteiger partial charge in [-0.05, 0) is 36.4 Å². The van der Waals surface area contributed by atoms with Gasteiger partial charge in [0, 0.05) is 31.2 Å². The predicted octanol–water partition coefficient (Wildman–Crippen LogP) is 2.04. The molecule has 1 atom stereocenters. The van der Waals surface area contributed by atoms with Crippen LogP contribution in [0, 0.1) is 0 Å². The lowest BCUT2D eigenvalue weighted by molar-refractivity contribution is -0.122. The van der Waals surface area contributed by atoms with Crippen LogP contribution in [0.15, 0.2) is 47.1 Å². The monoisotopic (exact) mass is 431 g/mol. The van der Waals surface area contributed by atoms with Gasteiger partial charge in [0.25, 0.3) is 11.8 Å². The van der Waals surface area contributed by atoms with Crippen molar-refractivity contribution in [3.63, 3.8) is 0 Å². The smallest absolute Gasteiger partial charge is 0.290 e. The van der Waals surface area contributed by atoms with E-state index in [4.69, 9.17) is 20.8 Å². The third kappa shape index (κ3) is 4.26. The number of anilines is 1. The van der Waals surface area contributed by atoms with Crippen LogP contribution in [-0.4, -0.2) is 73.0 Å². The Kier molecular flexibility index (Phi) is 6.17. The molecule has 0 N–H and O–H groups in total. The summed E-state index contributed by atoms with van der Waals surface area (Å²) in [5.41, 5.74) is 0.440. The zero-order valence-corrected chi connectivity index (χ0v) is 17.1.